The third kappa shape index (κ3) is 5.53. The maximum absolute atomic E-state index is 12.2. The number of alkyl halides is 1. The fraction of sp³-hybridized carbons (Fsp3) is 0.769. The van der Waals surface area contributed by atoms with Crippen LogP contribution in [-0.4, -0.2) is 47.5 Å². The van der Waals surface area contributed by atoms with E-state index in [0.29, 0.717) is 16.3 Å². The number of imide groups is 1. The summed E-state index contributed by atoms with van der Waals surface area (Å²) in [6.07, 6.45) is 4.54. The van der Waals surface area contributed by atoms with Crippen molar-refractivity contribution in [3.05, 3.63) is 0 Å². The van der Waals surface area contributed by atoms with Gasteiger partial charge < -0.3 is 15.4 Å². The van der Waals surface area contributed by atoms with Crippen molar-refractivity contribution < 1.29 is 14.3 Å². The molecule has 0 aromatic heterocycles. The number of hydrogen-bond donors (Lipinski definition) is 3. The lowest BCUT2D eigenvalue weighted by molar-refractivity contribution is 0.190. The standard InChI is InChI=1S/C13H23BrN4O3/c1-3-7-16-12(19)18(11(15)21-2)13(20)17-10-6-4-5-9(14)8-10/h9-10,15H,3-8H2,1-2H3,(H,16,19)(H,17,20). The summed E-state index contributed by atoms with van der Waals surface area (Å²) < 4.78 is 4.72. The Labute approximate surface area is 133 Å². The monoisotopic (exact) mass is 362 g/mol. The highest BCUT2D eigenvalue weighted by atomic mass is 79.9. The molecule has 0 bridgehead atoms. The molecule has 0 aromatic carbocycles. The number of ether oxygens (including phenoxy) is 1. The van der Waals surface area contributed by atoms with Crippen LogP contribution in [0.4, 0.5) is 9.59 Å². The zero-order valence-electron chi connectivity index (χ0n) is 12.4. The Balaban J connectivity index is 2.66. The molecule has 2 atom stereocenters. The van der Waals surface area contributed by atoms with Crippen LogP contribution in [0.3, 0.4) is 0 Å². The maximum Gasteiger partial charge on any atom is 0.334 e. The number of methoxy groups -OCH3 is 1. The molecule has 8 heteroatoms. The zero-order chi connectivity index (χ0) is 15.8. The summed E-state index contributed by atoms with van der Waals surface area (Å²) in [6.45, 7) is 2.34. The van der Waals surface area contributed by atoms with Crippen LogP contribution in [0.15, 0.2) is 0 Å². The Hall–Kier alpha value is -1.31. The quantitative estimate of drug-likeness (QED) is 0.408. The van der Waals surface area contributed by atoms with Crippen LogP contribution >= 0.6 is 15.9 Å². The number of carbonyl (C=O) groups excluding carboxylic acids is 2. The van der Waals surface area contributed by atoms with E-state index in [9.17, 15) is 9.59 Å². The van der Waals surface area contributed by atoms with Gasteiger partial charge in [-0.2, -0.15) is 4.90 Å². The molecule has 21 heavy (non-hydrogen) atoms. The molecule has 2 unspecified atom stereocenters. The number of carbonyl (C=O) groups is 2. The van der Waals surface area contributed by atoms with Gasteiger partial charge in [-0.1, -0.05) is 29.3 Å². The molecule has 0 aromatic rings. The molecular weight excluding hydrogens is 340 g/mol. The second-order valence-corrected chi connectivity index (χ2v) is 6.28. The zero-order valence-corrected chi connectivity index (χ0v) is 14.0. The molecule has 0 heterocycles. The lowest BCUT2D eigenvalue weighted by Crippen LogP contribution is -2.54. The lowest BCUT2D eigenvalue weighted by Gasteiger charge is -2.28. The molecule has 4 amide bonds. The minimum Gasteiger partial charge on any atom is -0.468 e. The van der Waals surface area contributed by atoms with Crippen molar-refractivity contribution in [2.24, 2.45) is 0 Å². The Kier molecular flexibility index (Phi) is 7.49. The fourth-order valence-corrected chi connectivity index (χ4v) is 2.95. The smallest absolute Gasteiger partial charge is 0.334 e. The molecule has 1 fully saturated rings. The first-order valence-corrected chi connectivity index (χ1v) is 8.06. The van der Waals surface area contributed by atoms with Gasteiger partial charge in [-0.15, -0.1) is 0 Å². The third-order valence-electron chi connectivity index (χ3n) is 3.27. The predicted octanol–water partition coefficient (Wildman–Crippen LogP) is 2.40. The molecular formula is C13H23BrN4O3. The van der Waals surface area contributed by atoms with Crippen molar-refractivity contribution >= 4 is 34.0 Å². The summed E-state index contributed by atoms with van der Waals surface area (Å²) in [5.74, 6) is 0. The van der Waals surface area contributed by atoms with Gasteiger partial charge in [0.25, 0.3) is 0 Å². The molecule has 1 aliphatic carbocycles. The average Bonchev–Trinajstić information content (AvgIpc) is 2.45. The van der Waals surface area contributed by atoms with Crippen LogP contribution in [0, 0.1) is 5.41 Å². The minimum absolute atomic E-state index is 0.00163. The topological polar surface area (TPSA) is 94.5 Å². The van der Waals surface area contributed by atoms with Crippen molar-refractivity contribution in [1.29, 1.82) is 5.41 Å². The van der Waals surface area contributed by atoms with Crippen LogP contribution in [0.1, 0.15) is 39.0 Å². The number of urea groups is 2. The third-order valence-corrected chi connectivity index (χ3v) is 4.10. The van der Waals surface area contributed by atoms with Crippen molar-refractivity contribution in [2.75, 3.05) is 13.7 Å². The Morgan fingerprint density at radius 3 is 2.67 bits per heavy atom. The van der Waals surface area contributed by atoms with Gasteiger partial charge in [-0.05, 0) is 25.7 Å². The van der Waals surface area contributed by atoms with E-state index in [4.69, 9.17) is 10.1 Å². The fourth-order valence-electron chi connectivity index (χ4n) is 2.18. The number of nitrogens with zero attached hydrogens (tertiary/aromatic N) is 1. The molecule has 0 radical (unpaired) electrons. The van der Waals surface area contributed by atoms with Crippen LogP contribution in [0.5, 0.6) is 0 Å². The van der Waals surface area contributed by atoms with Gasteiger partial charge >= 0.3 is 18.1 Å². The van der Waals surface area contributed by atoms with Gasteiger partial charge in [0.2, 0.25) is 0 Å². The number of amides is 4. The Morgan fingerprint density at radius 2 is 2.10 bits per heavy atom. The van der Waals surface area contributed by atoms with Crippen molar-refractivity contribution in [2.45, 2.75) is 49.9 Å². The van der Waals surface area contributed by atoms with Crippen LogP contribution in [-0.2, 0) is 4.74 Å². The summed E-state index contributed by atoms with van der Waals surface area (Å²) in [5, 5.41) is 13.0. The van der Waals surface area contributed by atoms with E-state index < -0.39 is 18.1 Å². The highest BCUT2D eigenvalue weighted by Crippen LogP contribution is 2.24. The van der Waals surface area contributed by atoms with Crippen LogP contribution < -0.4 is 10.6 Å². The molecule has 1 rings (SSSR count). The van der Waals surface area contributed by atoms with Crippen molar-refractivity contribution in [3.63, 3.8) is 0 Å². The molecule has 1 saturated carbocycles. The largest absolute Gasteiger partial charge is 0.468 e. The summed E-state index contributed by atoms with van der Waals surface area (Å²) in [5.41, 5.74) is 0. The second-order valence-electron chi connectivity index (χ2n) is 4.99. The highest BCUT2D eigenvalue weighted by Gasteiger charge is 2.30. The van der Waals surface area contributed by atoms with E-state index in [0.717, 1.165) is 32.1 Å². The van der Waals surface area contributed by atoms with Gasteiger partial charge in [0, 0.05) is 17.4 Å². The summed E-state index contributed by atoms with van der Waals surface area (Å²) >= 11 is 3.55. The molecule has 1 aliphatic rings. The molecule has 120 valence electrons. The highest BCUT2D eigenvalue weighted by molar-refractivity contribution is 9.09. The number of nitrogens with one attached hydrogen (secondary N) is 3. The molecule has 0 aliphatic heterocycles. The van der Waals surface area contributed by atoms with Gasteiger partial charge in [-0.25, -0.2) is 9.59 Å². The number of halogens is 1. The van der Waals surface area contributed by atoms with Gasteiger partial charge in [0.15, 0.2) is 0 Å². The van der Waals surface area contributed by atoms with E-state index in [1.165, 1.54) is 7.11 Å². The number of amidine groups is 1. The first-order valence-electron chi connectivity index (χ1n) is 7.14. The number of rotatable bonds is 3. The maximum atomic E-state index is 12.2. The van der Waals surface area contributed by atoms with E-state index in [1.807, 2.05) is 6.92 Å². The van der Waals surface area contributed by atoms with E-state index >= 15 is 0 Å². The SMILES string of the molecule is CCCNC(=O)N(C(=N)OC)C(=O)NC1CCCC(Br)C1. The summed E-state index contributed by atoms with van der Waals surface area (Å²) in [6, 6.07) is -1.76. The van der Waals surface area contributed by atoms with Gasteiger partial charge in [0.05, 0.1) is 7.11 Å². The molecule has 3 N–H and O–H groups in total. The average molecular weight is 363 g/mol. The molecule has 0 spiro atoms. The minimum atomic E-state index is -0.646. The molecule has 7 nitrogen and oxygen atoms in total. The second kappa shape index (κ2) is 8.86. The van der Waals surface area contributed by atoms with E-state index in [-0.39, 0.29) is 6.04 Å². The normalized spacial score (nSPS) is 21.3. The van der Waals surface area contributed by atoms with Gasteiger partial charge in [-0.3, -0.25) is 5.41 Å². The summed E-state index contributed by atoms with van der Waals surface area (Å²) in [4.78, 5) is 25.3. The molecule has 0 saturated heterocycles. The van der Waals surface area contributed by atoms with Crippen molar-refractivity contribution in [1.82, 2.24) is 15.5 Å². The van der Waals surface area contributed by atoms with Crippen LogP contribution in [0.2, 0.25) is 0 Å². The first kappa shape index (κ1) is 17.7. The Bertz CT molecular complexity index is 392. The lowest BCUT2D eigenvalue weighted by atomic mass is 9.95. The predicted molar refractivity (Wildman–Crippen MR) is 83.8 cm³/mol. The van der Waals surface area contributed by atoms with Crippen molar-refractivity contribution in [3.8, 4) is 0 Å². The van der Waals surface area contributed by atoms with Gasteiger partial charge in [0.1, 0.15) is 0 Å². The Morgan fingerprint density at radius 1 is 1.38 bits per heavy atom. The number of hydrogen-bond acceptors (Lipinski definition) is 4. The summed E-state index contributed by atoms with van der Waals surface area (Å²) in [7, 11) is 1.25. The first-order chi connectivity index (χ1) is 9.99. The van der Waals surface area contributed by atoms with Crippen LogP contribution in [0.25, 0.3) is 0 Å². The van der Waals surface area contributed by atoms with E-state index in [1.54, 1.807) is 0 Å². The van der Waals surface area contributed by atoms with E-state index in [2.05, 4.69) is 26.6 Å².